The van der Waals surface area contributed by atoms with Crippen LogP contribution in [-0.2, 0) is 0 Å². The molecule has 0 aliphatic heterocycles. The summed E-state index contributed by atoms with van der Waals surface area (Å²) in [5.41, 5.74) is 6.34. The molecule has 0 heterocycles. The Morgan fingerprint density at radius 2 is 1.33 bits per heavy atom. The first-order valence-corrected chi connectivity index (χ1v) is 5.63. The van der Waals surface area contributed by atoms with Crippen LogP contribution in [0.3, 0.4) is 0 Å². The number of nitrogens with two attached hydrogens (primary N) is 1. The van der Waals surface area contributed by atoms with Gasteiger partial charge < -0.3 is 5.73 Å². The molecular weight excluding hydrogens is 146 g/mol. The molecule has 5 aliphatic carbocycles. The van der Waals surface area contributed by atoms with E-state index in [2.05, 4.69) is 0 Å². The summed E-state index contributed by atoms with van der Waals surface area (Å²) in [7, 11) is 0. The standard InChI is InChI=1S/C11H15N/c12-11-8-4-2-5-7-3(4)1-6(8)9(7)10(5)11/h3-11H,1-2,12H2/t3-,4-,5+,6+,7+,8-,9+,10-,11-/m1/s1. The highest BCUT2D eigenvalue weighted by Crippen LogP contribution is 2.82. The molecule has 9 atom stereocenters. The van der Waals surface area contributed by atoms with Crippen LogP contribution >= 0.6 is 0 Å². The first kappa shape index (κ1) is 5.64. The van der Waals surface area contributed by atoms with E-state index in [0.29, 0.717) is 6.04 Å². The van der Waals surface area contributed by atoms with Gasteiger partial charge in [0.05, 0.1) is 0 Å². The predicted octanol–water partition coefficient (Wildman–Crippen LogP) is 1.09. The fourth-order valence-electron chi connectivity index (χ4n) is 6.55. The van der Waals surface area contributed by atoms with Crippen LogP contribution in [0.15, 0.2) is 0 Å². The lowest BCUT2D eigenvalue weighted by Gasteiger charge is -2.47. The summed E-state index contributed by atoms with van der Waals surface area (Å²) in [5.74, 6) is 8.84. The summed E-state index contributed by atoms with van der Waals surface area (Å²) in [5, 5.41) is 0. The quantitative estimate of drug-likeness (QED) is 0.565. The van der Waals surface area contributed by atoms with Crippen molar-refractivity contribution >= 4 is 0 Å². The van der Waals surface area contributed by atoms with Crippen molar-refractivity contribution in [2.75, 3.05) is 0 Å². The number of rotatable bonds is 0. The molecule has 5 fully saturated rings. The maximum Gasteiger partial charge on any atom is 0.0107 e. The van der Waals surface area contributed by atoms with Gasteiger partial charge in [0.25, 0.3) is 0 Å². The predicted molar refractivity (Wildman–Crippen MR) is 45.1 cm³/mol. The lowest BCUT2D eigenvalue weighted by Crippen LogP contribution is -2.49. The highest BCUT2D eigenvalue weighted by atomic mass is 14.9. The molecule has 0 aromatic heterocycles. The van der Waals surface area contributed by atoms with E-state index in [-0.39, 0.29) is 0 Å². The first-order chi connectivity index (χ1) is 5.88. The third kappa shape index (κ3) is 0.296. The van der Waals surface area contributed by atoms with Gasteiger partial charge in [0, 0.05) is 6.04 Å². The normalized spacial score (nSPS) is 85.2. The molecule has 12 heavy (non-hydrogen) atoms. The highest BCUT2D eigenvalue weighted by molar-refractivity contribution is 5.28. The van der Waals surface area contributed by atoms with Gasteiger partial charge in [-0.25, -0.2) is 0 Å². The van der Waals surface area contributed by atoms with Crippen LogP contribution in [0, 0.1) is 47.3 Å². The second-order valence-corrected chi connectivity index (χ2v) is 6.01. The van der Waals surface area contributed by atoms with Crippen molar-refractivity contribution in [2.45, 2.75) is 18.9 Å². The zero-order valence-electron chi connectivity index (χ0n) is 7.19. The minimum absolute atomic E-state index is 0.646. The molecular formula is C11H15N. The molecule has 0 spiro atoms. The van der Waals surface area contributed by atoms with Crippen LogP contribution in [0.5, 0.6) is 0 Å². The minimum atomic E-state index is 0.646. The van der Waals surface area contributed by atoms with Crippen molar-refractivity contribution in [3.8, 4) is 0 Å². The van der Waals surface area contributed by atoms with Crippen molar-refractivity contribution in [1.82, 2.24) is 0 Å². The van der Waals surface area contributed by atoms with E-state index in [1.54, 1.807) is 12.8 Å². The van der Waals surface area contributed by atoms with Crippen molar-refractivity contribution < 1.29 is 0 Å². The Morgan fingerprint density at radius 1 is 0.667 bits per heavy atom. The molecule has 1 nitrogen and oxygen atoms in total. The molecule has 0 radical (unpaired) electrons. The average molecular weight is 161 g/mol. The van der Waals surface area contributed by atoms with Gasteiger partial charge in [-0.05, 0) is 60.2 Å². The minimum Gasteiger partial charge on any atom is -0.327 e. The monoisotopic (exact) mass is 161 g/mol. The molecule has 0 saturated heterocycles. The van der Waals surface area contributed by atoms with E-state index in [9.17, 15) is 0 Å². The van der Waals surface area contributed by atoms with Gasteiger partial charge in [0.15, 0.2) is 0 Å². The van der Waals surface area contributed by atoms with E-state index in [1.807, 2.05) is 0 Å². The van der Waals surface area contributed by atoms with E-state index < -0.39 is 0 Å². The van der Waals surface area contributed by atoms with Crippen LogP contribution in [0.4, 0.5) is 0 Å². The fourth-order valence-corrected chi connectivity index (χ4v) is 6.55. The zero-order valence-corrected chi connectivity index (χ0v) is 7.19. The summed E-state index contributed by atoms with van der Waals surface area (Å²) in [6.45, 7) is 0. The summed E-state index contributed by atoms with van der Waals surface area (Å²) >= 11 is 0. The van der Waals surface area contributed by atoms with Crippen molar-refractivity contribution in [2.24, 2.45) is 53.1 Å². The number of fused-ring (bicyclic) bond motifs is 2. The average Bonchev–Trinajstić information content (AvgIpc) is 2.47. The summed E-state index contributed by atoms with van der Waals surface area (Å²) in [4.78, 5) is 0. The Kier molecular flexibility index (Phi) is 0.609. The number of hydrogen-bond donors (Lipinski definition) is 1. The van der Waals surface area contributed by atoms with Gasteiger partial charge in [-0.3, -0.25) is 0 Å². The molecule has 2 N–H and O–H groups in total. The van der Waals surface area contributed by atoms with Gasteiger partial charge in [-0.15, -0.1) is 0 Å². The Labute approximate surface area is 72.7 Å². The van der Waals surface area contributed by atoms with Gasteiger partial charge in [-0.1, -0.05) is 0 Å². The van der Waals surface area contributed by atoms with Gasteiger partial charge in [0.2, 0.25) is 0 Å². The van der Waals surface area contributed by atoms with Gasteiger partial charge in [0.1, 0.15) is 0 Å². The van der Waals surface area contributed by atoms with Crippen LogP contribution in [-0.4, -0.2) is 6.04 Å². The molecule has 0 unspecified atom stereocenters. The third-order valence-electron chi connectivity index (χ3n) is 6.38. The largest absolute Gasteiger partial charge is 0.327 e. The second-order valence-electron chi connectivity index (χ2n) is 6.01. The van der Waals surface area contributed by atoms with E-state index in [0.717, 1.165) is 35.5 Å². The van der Waals surface area contributed by atoms with E-state index in [4.69, 9.17) is 5.73 Å². The van der Waals surface area contributed by atoms with Gasteiger partial charge >= 0.3 is 0 Å². The fraction of sp³-hybridized carbons (Fsp3) is 1.00. The second kappa shape index (κ2) is 1.30. The Hall–Kier alpha value is -0.0400. The van der Waals surface area contributed by atoms with E-state index >= 15 is 0 Å². The summed E-state index contributed by atoms with van der Waals surface area (Å²) in [6.07, 6.45) is 3.18. The third-order valence-corrected chi connectivity index (χ3v) is 6.38. The maximum atomic E-state index is 6.34. The molecule has 5 rings (SSSR count). The SMILES string of the molecule is N[C@@H]1[C@@H]2[C@@H]3C[C@H]4[C@@H]5[C@@H]3C[C@@H]2[C@@H]5[C@H]14. The van der Waals surface area contributed by atoms with Crippen molar-refractivity contribution in [3.05, 3.63) is 0 Å². The van der Waals surface area contributed by atoms with Crippen LogP contribution in [0.1, 0.15) is 12.8 Å². The molecule has 5 saturated carbocycles. The summed E-state index contributed by atoms with van der Waals surface area (Å²) < 4.78 is 0. The van der Waals surface area contributed by atoms with Crippen molar-refractivity contribution in [3.63, 3.8) is 0 Å². The zero-order chi connectivity index (χ0) is 7.61. The van der Waals surface area contributed by atoms with E-state index in [1.165, 1.54) is 11.8 Å². The lowest BCUT2D eigenvalue weighted by atomic mass is 9.59. The smallest absolute Gasteiger partial charge is 0.0107 e. The Bertz CT molecular complexity index is 277. The van der Waals surface area contributed by atoms with Crippen LogP contribution in [0.2, 0.25) is 0 Å². The van der Waals surface area contributed by atoms with Gasteiger partial charge in [-0.2, -0.15) is 0 Å². The number of hydrogen-bond acceptors (Lipinski definition) is 1. The highest BCUT2D eigenvalue weighted by Gasteiger charge is 2.79. The maximum absolute atomic E-state index is 6.34. The first-order valence-electron chi connectivity index (χ1n) is 5.63. The molecule has 0 aromatic rings. The molecule has 0 amide bonds. The van der Waals surface area contributed by atoms with Crippen LogP contribution < -0.4 is 5.73 Å². The lowest BCUT2D eigenvalue weighted by molar-refractivity contribution is 0.0167. The topological polar surface area (TPSA) is 26.0 Å². The van der Waals surface area contributed by atoms with Crippen LogP contribution in [0.25, 0.3) is 0 Å². The Balaban J connectivity index is 1.86. The molecule has 5 aliphatic rings. The Morgan fingerprint density at radius 3 is 2.17 bits per heavy atom. The summed E-state index contributed by atoms with van der Waals surface area (Å²) in [6, 6.07) is 0.646. The van der Waals surface area contributed by atoms with Crippen molar-refractivity contribution in [1.29, 1.82) is 0 Å². The molecule has 2 bridgehead atoms. The molecule has 1 heteroatoms. The molecule has 0 aromatic carbocycles. The molecule has 64 valence electrons.